The summed E-state index contributed by atoms with van der Waals surface area (Å²) in [5, 5.41) is 8.82. The number of hydrogen-bond donors (Lipinski definition) is 1. The van der Waals surface area contributed by atoms with E-state index < -0.39 is 5.97 Å². The van der Waals surface area contributed by atoms with Crippen LogP contribution in [0.1, 0.15) is 22.8 Å². The number of thioether (sulfide) groups is 1. The molecule has 1 aliphatic rings. The number of carbonyl (C=O) groups is 2. The predicted octanol–water partition coefficient (Wildman–Crippen LogP) is 3.41. The van der Waals surface area contributed by atoms with Gasteiger partial charge in [-0.05, 0) is 36.8 Å². The third-order valence-corrected chi connectivity index (χ3v) is 4.77. The molecule has 0 aliphatic carbocycles. The fourth-order valence-electron chi connectivity index (χ4n) is 2.46. The lowest BCUT2D eigenvalue weighted by Crippen LogP contribution is -2.39. The molecular formula is C17H15NO3S. The third kappa shape index (κ3) is 2.72. The van der Waals surface area contributed by atoms with E-state index in [1.54, 1.807) is 40.9 Å². The Morgan fingerprint density at radius 1 is 1.18 bits per heavy atom. The Kier molecular flexibility index (Phi) is 3.90. The molecule has 2 aromatic carbocycles. The molecule has 0 aromatic heterocycles. The maximum Gasteiger partial charge on any atom is 0.335 e. The second kappa shape index (κ2) is 5.85. The van der Waals surface area contributed by atoms with Gasteiger partial charge in [-0.15, -0.1) is 11.8 Å². The normalized spacial score (nSPS) is 17.2. The number of aromatic carboxylic acids is 1. The van der Waals surface area contributed by atoms with Gasteiger partial charge in [0, 0.05) is 4.90 Å². The molecule has 1 aliphatic heterocycles. The summed E-state index contributed by atoms with van der Waals surface area (Å²) in [6, 6.07) is 14.5. The highest BCUT2D eigenvalue weighted by molar-refractivity contribution is 8.00. The van der Waals surface area contributed by atoms with Gasteiger partial charge >= 0.3 is 5.97 Å². The molecule has 1 heterocycles. The molecule has 22 heavy (non-hydrogen) atoms. The number of anilines is 1. The van der Waals surface area contributed by atoms with Crippen LogP contribution in [0.4, 0.5) is 5.69 Å². The Morgan fingerprint density at radius 3 is 2.55 bits per heavy atom. The molecule has 0 saturated heterocycles. The molecule has 1 N–H and O–H groups in total. The lowest BCUT2D eigenvalue weighted by Gasteiger charge is -2.32. The number of para-hydroxylation sites is 1. The van der Waals surface area contributed by atoms with Gasteiger partial charge in [-0.3, -0.25) is 4.79 Å². The van der Waals surface area contributed by atoms with Crippen molar-refractivity contribution in [3.8, 4) is 0 Å². The third-order valence-electron chi connectivity index (χ3n) is 3.62. The molecule has 0 spiro atoms. The van der Waals surface area contributed by atoms with Crippen LogP contribution in [-0.2, 0) is 11.3 Å². The highest BCUT2D eigenvalue weighted by Crippen LogP contribution is 2.39. The number of carboxylic acids is 1. The molecule has 0 fully saturated rings. The van der Waals surface area contributed by atoms with Crippen molar-refractivity contribution in [2.45, 2.75) is 23.6 Å². The molecular weight excluding hydrogens is 298 g/mol. The van der Waals surface area contributed by atoms with Gasteiger partial charge < -0.3 is 10.0 Å². The second-order valence-corrected chi connectivity index (χ2v) is 6.54. The highest BCUT2D eigenvalue weighted by atomic mass is 32.2. The monoisotopic (exact) mass is 313 g/mol. The zero-order valence-corrected chi connectivity index (χ0v) is 12.8. The van der Waals surface area contributed by atoms with E-state index in [-0.39, 0.29) is 16.7 Å². The average molecular weight is 313 g/mol. The van der Waals surface area contributed by atoms with Gasteiger partial charge in [0.15, 0.2) is 0 Å². The first-order chi connectivity index (χ1) is 10.6. The fourth-order valence-corrected chi connectivity index (χ4v) is 3.52. The van der Waals surface area contributed by atoms with E-state index in [2.05, 4.69) is 0 Å². The van der Waals surface area contributed by atoms with Crippen molar-refractivity contribution in [3.05, 3.63) is 59.7 Å². The molecule has 5 heteroatoms. The summed E-state index contributed by atoms with van der Waals surface area (Å²) in [5.74, 6) is -0.873. The number of fused-ring (bicyclic) bond motifs is 1. The molecule has 4 nitrogen and oxygen atoms in total. The van der Waals surface area contributed by atoms with Gasteiger partial charge in [0.05, 0.1) is 23.0 Å². The number of hydrogen-bond acceptors (Lipinski definition) is 3. The van der Waals surface area contributed by atoms with Crippen LogP contribution in [0.2, 0.25) is 0 Å². The maximum atomic E-state index is 12.5. The van der Waals surface area contributed by atoms with Crippen LogP contribution >= 0.6 is 11.8 Å². The molecule has 2 aromatic rings. The Hall–Kier alpha value is -2.27. The van der Waals surface area contributed by atoms with Crippen LogP contribution in [0, 0.1) is 0 Å². The van der Waals surface area contributed by atoms with Crippen LogP contribution in [-0.4, -0.2) is 22.2 Å². The van der Waals surface area contributed by atoms with Crippen molar-refractivity contribution in [1.82, 2.24) is 0 Å². The summed E-state index contributed by atoms with van der Waals surface area (Å²) in [6.45, 7) is 2.35. The van der Waals surface area contributed by atoms with Crippen molar-refractivity contribution < 1.29 is 14.7 Å². The number of carboxylic acid groups (broad SMARTS) is 1. The minimum atomic E-state index is -0.948. The van der Waals surface area contributed by atoms with E-state index in [4.69, 9.17) is 5.11 Å². The second-order valence-electron chi connectivity index (χ2n) is 5.15. The molecule has 112 valence electrons. The summed E-state index contributed by atoms with van der Waals surface area (Å²) < 4.78 is 0. The Morgan fingerprint density at radius 2 is 1.86 bits per heavy atom. The highest BCUT2D eigenvalue weighted by Gasteiger charge is 2.30. The van der Waals surface area contributed by atoms with Crippen LogP contribution in [0.25, 0.3) is 0 Å². The molecule has 1 amide bonds. The lowest BCUT2D eigenvalue weighted by molar-refractivity contribution is -0.118. The van der Waals surface area contributed by atoms with Crippen molar-refractivity contribution in [2.24, 2.45) is 0 Å². The maximum absolute atomic E-state index is 12.5. The van der Waals surface area contributed by atoms with Crippen molar-refractivity contribution in [1.29, 1.82) is 0 Å². The van der Waals surface area contributed by atoms with Crippen LogP contribution in [0.15, 0.2) is 53.4 Å². The zero-order valence-electron chi connectivity index (χ0n) is 12.0. The number of carbonyl (C=O) groups excluding carboxylic acids is 1. The van der Waals surface area contributed by atoms with Crippen molar-refractivity contribution >= 4 is 29.3 Å². The number of rotatable bonds is 3. The van der Waals surface area contributed by atoms with Crippen molar-refractivity contribution in [2.75, 3.05) is 4.90 Å². The van der Waals surface area contributed by atoms with E-state index in [1.807, 2.05) is 31.2 Å². The fraction of sp³-hybridized carbons (Fsp3) is 0.176. The average Bonchev–Trinajstić information content (AvgIpc) is 2.52. The topological polar surface area (TPSA) is 57.6 Å². The lowest BCUT2D eigenvalue weighted by atomic mass is 10.1. The van der Waals surface area contributed by atoms with Gasteiger partial charge in [0.2, 0.25) is 5.91 Å². The Balaban J connectivity index is 1.90. The SMILES string of the molecule is CC1Sc2ccccc2N(Cc2ccc(C(=O)O)cc2)C1=O. The molecule has 1 atom stereocenters. The Labute approximate surface area is 132 Å². The first-order valence-electron chi connectivity index (χ1n) is 6.95. The van der Waals surface area contributed by atoms with Gasteiger partial charge in [-0.25, -0.2) is 4.79 Å². The molecule has 0 bridgehead atoms. The zero-order chi connectivity index (χ0) is 15.7. The minimum Gasteiger partial charge on any atom is -0.478 e. The smallest absolute Gasteiger partial charge is 0.335 e. The summed E-state index contributed by atoms with van der Waals surface area (Å²) >= 11 is 1.57. The predicted molar refractivity (Wildman–Crippen MR) is 86.4 cm³/mol. The van der Waals surface area contributed by atoms with E-state index >= 15 is 0 Å². The van der Waals surface area contributed by atoms with E-state index in [1.165, 1.54) is 0 Å². The molecule has 1 unspecified atom stereocenters. The minimum absolute atomic E-state index is 0.0750. The summed E-state index contributed by atoms with van der Waals surface area (Å²) in [7, 11) is 0. The summed E-state index contributed by atoms with van der Waals surface area (Å²) in [6.07, 6.45) is 0. The summed E-state index contributed by atoms with van der Waals surface area (Å²) in [4.78, 5) is 26.2. The quantitative estimate of drug-likeness (QED) is 0.943. The van der Waals surface area contributed by atoms with Crippen LogP contribution in [0.5, 0.6) is 0 Å². The molecule has 3 rings (SSSR count). The van der Waals surface area contributed by atoms with Gasteiger partial charge in [-0.2, -0.15) is 0 Å². The van der Waals surface area contributed by atoms with Crippen LogP contribution < -0.4 is 4.90 Å². The van der Waals surface area contributed by atoms with E-state index in [0.717, 1.165) is 16.1 Å². The number of nitrogens with zero attached hydrogens (tertiary/aromatic N) is 1. The first-order valence-corrected chi connectivity index (χ1v) is 7.83. The molecule has 0 radical (unpaired) electrons. The van der Waals surface area contributed by atoms with E-state index in [9.17, 15) is 9.59 Å². The summed E-state index contributed by atoms with van der Waals surface area (Å²) in [5.41, 5.74) is 2.07. The van der Waals surface area contributed by atoms with E-state index in [0.29, 0.717) is 6.54 Å². The van der Waals surface area contributed by atoms with Gasteiger partial charge in [-0.1, -0.05) is 24.3 Å². The number of amides is 1. The molecule has 0 saturated carbocycles. The Bertz CT molecular complexity index is 727. The standard InChI is InChI=1S/C17H15NO3S/c1-11-16(19)18(14-4-2-3-5-15(14)22-11)10-12-6-8-13(9-7-12)17(20)21/h2-9,11H,10H2,1H3,(H,20,21). The first kappa shape index (κ1) is 14.7. The van der Waals surface area contributed by atoms with Gasteiger partial charge in [0.25, 0.3) is 0 Å². The number of benzene rings is 2. The van der Waals surface area contributed by atoms with Gasteiger partial charge in [0.1, 0.15) is 0 Å². The van der Waals surface area contributed by atoms with Crippen LogP contribution in [0.3, 0.4) is 0 Å². The largest absolute Gasteiger partial charge is 0.478 e. The van der Waals surface area contributed by atoms with Crippen molar-refractivity contribution in [3.63, 3.8) is 0 Å².